The molecular formula is C16H28N2. The van der Waals surface area contributed by atoms with Crippen molar-refractivity contribution in [1.82, 2.24) is 10.2 Å². The Morgan fingerprint density at radius 1 is 0.722 bits per heavy atom. The van der Waals surface area contributed by atoms with Gasteiger partial charge in [-0.15, -0.1) is 0 Å². The van der Waals surface area contributed by atoms with Gasteiger partial charge in [-0.3, -0.25) is 0 Å². The van der Waals surface area contributed by atoms with Gasteiger partial charge >= 0.3 is 0 Å². The third-order valence-electron chi connectivity index (χ3n) is 3.12. The zero-order valence-corrected chi connectivity index (χ0v) is 13.5. The SMILES string of the molecule is CC(C)(C)c1cnnc(C(C)(C)C)c1C(C)(C)C. The normalized spacial score (nSPS) is 13.8. The highest BCUT2D eigenvalue weighted by Crippen LogP contribution is 2.38. The molecule has 18 heavy (non-hydrogen) atoms. The molecule has 0 amide bonds. The van der Waals surface area contributed by atoms with Gasteiger partial charge in [-0.2, -0.15) is 10.2 Å². The van der Waals surface area contributed by atoms with Crippen LogP contribution < -0.4 is 0 Å². The number of aromatic nitrogens is 2. The fourth-order valence-electron chi connectivity index (χ4n) is 2.24. The summed E-state index contributed by atoms with van der Waals surface area (Å²) in [5.74, 6) is 0. The highest BCUT2D eigenvalue weighted by Gasteiger charge is 2.32. The molecule has 0 spiro atoms. The van der Waals surface area contributed by atoms with Gasteiger partial charge in [-0.1, -0.05) is 62.3 Å². The Morgan fingerprint density at radius 3 is 1.56 bits per heavy atom. The Balaban J connectivity index is 3.68. The van der Waals surface area contributed by atoms with Crippen molar-refractivity contribution in [2.24, 2.45) is 0 Å². The lowest BCUT2D eigenvalue weighted by Gasteiger charge is -2.34. The van der Waals surface area contributed by atoms with Gasteiger partial charge in [0.25, 0.3) is 0 Å². The Labute approximate surface area is 112 Å². The first-order valence-corrected chi connectivity index (χ1v) is 6.72. The van der Waals surface area contributed by atoms with Gasteiger partial charge in [0.2, 0.25) is 0 Å². The first-order chi connectivity index (χ1) is 7.85. The van der Waals surface area contributed by atoms with Crippen LogP contribution in [0.1, 0.15) is 79.1 Å². The van der Waals surface area contributed by atoms with Crippen LogP contribution in [0.15, 0.2) is 6.20 Å². The van der Waals surface area contributed by atoms with E-state index in [0.29, 0.717) is 0 Å². The van der Waals surface area contributed by atoms with E-state index in [4.69, 9.17) is 0 Å². The average Bonchev–Trinajstić information content (AvgIpc) is 2.12. The van der Waals surface area contributed by atoms with E-state index in [9.17, 15) is 0 Å². The summed E-state index contributed by atoms with van der Waals surface area (Å²) < 4.78 is 0. The van der Waals surface area contributed by atoms with Crippen molar-refractivity contribution in [1.29, 1.82) is 0 Å². The number of hydrogen-bond acceptors (Lipinski definition) is 2. The maximum absolute atomic E-state index is 4.44. The smallest absolute Gasteiger partial charge is 0.0724 e. The van der Waals surface area contributed by atoms with Crippen molar-refractivity contribution in [3.63, 3.8) is 0 Å². The van der Waals surface area contributed by atoms with Gasteiger partial charge in [0.1, 0.15) is 0 Å². The van der Waals surface area contributed by atoms with Gasteiger partial charge in [0, 0.05) is 5.41 Å². The third-order valence-corrected chi connectivity index (χ3v) is 3.12. The summed E-state index contributed by atoms with van der Waals surface area (Å²) in [7, 11) is 0. The van der Waals surface area contributed by atoms with E-state index in [1.165, 1.54) is 11.1 Å². The zero-order valence-electron chi connectivity index (χ0n) is 13.5. The van der Waals surface area contributed by atoms with Crippen LogP contribution in [0.4, 0.5) is 0 Å². The predicted octanol–water partition coefficient (Wildman–Crippen LogP) is 4.37. The second kappa shape index (κ2) is 4.32. The van der Waals surface area contributed by atoms with Crippen LogP contribution in [0.5, 0.6) is 0 Å². The van der Waals surface area contributed by atoms with E-state index in [2.05, 4.69) is 72.5 Å². The van der Waals surface area contributed by atoms with Crippen LogP contribution in [0.2, 0.25) is 0 Å². The van der Waals surface area contributed by atoms with E-state index < -0.39 is 0 Å². The Bertz CT molecular complexity index is 394. The van der Waals surface area contributed by atoms with Crippen molar-refractivity contribution in [3.8, 4) is 0 Å². The highest BCUT2D eigenvalue weighted by molar-refractivity contribution is 5.41. The molecule has 0 aliphatic heterocycles. The van der Waals surface area contributed by atoms with Crippen molar-refractivity contribution in [3.05, 3.63) is 23.0 Å². The molecule has 0 saturated heterocycles. The number of hydrogen-bond donors (Lipinski definition) is 0. The first-order valence-electron chi connectivity index (χ1n) is 6.72. The summed E-state index contributed by atoms with van der Waals surface area (Å²) in [5, 5.41) is 8.68. The molecule has 0 aromatic carbocycles. The van der Waals surface area contributed by atoms with E-state index >= 15 is 0 Å². The van der Waals surface area contributed by atoms with Gasteiger partial charge in [0.15, 0.2) is 0 Å². The molecule has 1 aromatic heterocycles. The van der Waals surface area contributed by atoms with Crippen LogP contribution in [-0.2, 0) is 16.2 Å². The topological polar surface area (TPSA) is 25.8 Å². The molecule has 0 radical (unpaired) electrons. The Kier molecular flexibility index (Phi) is 3.64. The molecule has 1 aromatic rings. The van der Waals surface area contributed by atoms with Gasteiger partial charge in [0.05, 0.1) is 11.9 Å². The minimum Gasteiger partial charge on any atom is -0.159 e. The molecule has 0 saturated carbocycles. The summed E-state index contributed by atoms with van der Waals surface area (Å²) in [6.07, 6.45) is 1.94. The molecule has 2 nitrogen and oxygen atoms in total. The summed E-state index contributed by atoms with van der Waals surface area (Å²) >= 11 is 0. The van der Waals surface area contributed by atoms with E-state index in [-0.39, 0.29) is 16.2 Å². The van der Waals surface area contributed by atoms with Crippen molar-refractivity contribution in [2.75, 3.05) is 0 Å². The van der Waals surface area contributed by atoms with Crippen molar-refractivity contribution in [2.45, 2.75) is 78.6 Å². The molecular weight excluding hydrogens is 220 g/mol. The van der Waals surface area contributed by atoms with Crippen LogP contribution >= 0.6 is 0 Å². The van der Waals surface area contributed by atoms with Crippen LogP contribution in [0, 0.1) is 0 Å². The molecule has 102 valence electrons. The Hall–Kier alpha value is -0.920. The largest absolute Gasteiger partial charge is 0.159 e. The molecule has 2 heteroatoms. The summed E-state index contributed by atoms with van der Waals surface area (Å²) in [4.78, 5) is 0. The second-order valence-electron chi connectivity index (χ2n) is 8.23. The van der Waals surface area contributed by atoms with E-state index in [0.717, 1.165) is 5.69 Å². The van der Waals surface area contributed by atoms with E-state index in [1.807, 2.05) is 6.20 Å². The molecule has 1 heterocycles. The Morgan fingerprint density at radius 2 is 1.22 bits per heavy atom. The lowest BCUT2D eigenvalue weighted by Crippen LogP contribution is -2.29. The fourth-order valence-corrected chi connectivity index (χ4v) is 2.24. The summed E-state index contributed by atoms with van der Waals surface area (Å²) in [6, 6.07) is 0. The maximum atomic E-state index is 4.44. The predicted molar refractivity (Wildman–Crippen MR) is 78.1 cm³/mol. The standard InChI is InChI=1S/C16H28N2/c1-14(2,3)11-10-17-18-13(16(7,8)9)12(11)15(4,5)6/h10H,1-9H3. The maximum Gasteiger partial charge on any atom is 0.0724 e. The van der Waals surface area contributed by atoms with Crippen LogP contribution in [0.25, 0.3) is 0 Å². The number of rotatable bonds is 0. The molecule has 0 atom stereocenters. The molecule has 0 N–H and O–H groups in total. The third kappa shape index (κ3) is 3.09. The van der Waals surface area contributed by atoms with E-state index in [1.54, 1.807) is 0 Å². The molecule has 1 rings (SSSR count). The van der Waals surface area contributed by atoms with Crippen molar-refractivity contribution < 1.29 is 0 Å². The van der Waals surface area contributed by atoms with Gasteiger partial charge in [-0.25, -0.2) is 0 Å². The van der Waals surface area contributed by atoms with Crippen LogP contribution in [0.3, 0.4) is 0 Å². The molecule has 0 fully saturated rings. The number of nitrogens with zero attached hydrogens (tertiary/aromatic N) is 2. The summed E-state index contributed by atoms with van der Waals surface area (Å²) in [5.41, 5.74) is 4.01. The lowest BCUT2D eigenvalue weighted by atomic mass is 9.72. The molecule has 0 bridgehead atoms. The fraction of sp³-hybridized carbons (Fsp3) is 0.750. The molecule has 0 aliphatic rings. The minimum absolute atomic E-state index is 0.0247. The van der Waals surface area contributed by atoms with Crippen LogP contribution in [-0.4, -0.2) is 10.2 Å². The minimum atomic E-state index is 0.0247. The zero-order chi connectivity index (χ0) is 14.4. The van der Waals surface area contributed by atoms with Crippen molar-refractivity contribution >= 4 is 0 Å². The lowest BCUT2D eigenvalue weighted by molar-refractivity contribution is 0.476. The summed E-state index contributed by atoms with van der Waals surface area (Å²) in [6.45, 7) is 20.1. The first kappa shape index (κ1) is 15.1. The quantitative estimate of drug-likeness (QED) is 0.681. The monoisotopic (exact) mass is 248 g/mol. The second-order valence-corrected chi connectivity index (χ2v) is 8.23. The molecule has 0 aliphatic carbocycles. The highest BCUT2D eigenvalue weighted by atomic mass is 15.1. The average molecular weight is 248 g/mol. The van der Waals surface area contributed by atoms with Gasteiger partial charge in [-0.05, 0) is 22.0 Å². The molecule has 0 unspecified atom stereocenters. The van der Waals surface area contributed by atoms with Gasteiger partial charge < -0.3 is 0 Å².